The van der Waals surface area contributed by atoms with Crippen LogP contribution in [0.25, 0.3) is 0 Å². The first-order valence-electron chi connectivity index (χ1n) is 3.98. The van der Waals surface area contributed by atoms with Crippen molar-refractivity contribution in [2.75, 3.05) is 19.0 Å². The van der Waals surface area contributed by atoms with E-state index in [0.29, 0.717) is 10.2 Å². The summed E-state index contributed by atoms with van der Waals surface area (Å²) in [5, 5.41) is 2.63. The second-order valence-electron chi connectivity index (χ2n) is 2.73. The minimum absolute atomic E-state index is 0.0832. The summed E-state index contributed by atoms with van der Waals surface area (Å²) in [6, 6.07) is 2.34. The van der Waals surface area contributed by atoms with Gasteiger partial charge in [0.25, 0.3) is 0 Å². The highest BCUT2D eigenvalue weighted by Crippen LogP contribution is 2.31. The summed E-state index contributed by atoms with van der Waals surface area (Å²) in [5.74, 6) is -0.830. The molecule has 0 fully saturated rings. The first-order valence-corrected chi connectivity index (χ1v) is 5.15. The number of hydrogen-bond acceptors (Lipinski definition) is 2. The Bertz CT molecular complexity index is 363. The third kappa shape index (κ3) is 3.44. The van der Waals surface area contributed by atoms with Gasteiger partial charge in [0, 0.05) is 11.6 Å². The molecule has 0 radical (unpaired) electrons. The van der Waals surface area contributed by atoms with Crippen LogP contribution >= 0.6 is 27.5 Å². The smallest absolute Gasteiger partial charge is 0.250 e. The molecule has 0 saturated heterocycles. The van der Waals surface area contributed by atoms with Crippen molar-refractivity contribution in [3.05, 3.63) is 27.4 Å². The van der Waals surface area contributed by atoms with Gasteiger partial charge in [-0.15, -0.1) is 0 Å². The number of hydrogen-bond donors (Lipinski definition) is 1. The summed E-state index contributed by atoms with van der Waals surface area (Å²) in [7, 11) is 1.40. The lowest BCUT2D eigenvalue weighted by Crippen LogP contribution is -2.17. The zero-order valence-electron chi connectivity index (χ0n) is 7.81. The maximum Gasteiger partial charge on any atom is 0.250 e. The Hall–Kier alpha value is -0.650. The van der Waals surface area contributed by atoms with Crippen LogP contribution in [0, 0.1) is 5.82 Å². The van der Waals surface area contributed by atoms with Gasteiger partial charge in [-0.1, -0.05) is 11.6 Å². The van der Waals surface area contributed by atoms with Crippen molar-refractivity contribution >= 4 is 39.1 Å². The van der Waals surface area contributed by atoms with Gasteiger partial charge in [-0.05, 0) is 28.1 Å². The van der Waals surface area contributed by atoms with E-state index in [1.54, 1.807) is 0 Å². The number of methoxy groups -OCH3 is 1. The Labute approximate surface area is 99.7 Å². The largest absolute Gasteiger partial charge is 0.375 e. The normalized spacial score (nSPS) is 10.1. The number of carbonyl (C=O) groups excluding carboxylic acids is 1. The van der Waals surface area contributed by atoms with Crippen LogP contribution in [0.2, 0.25) is 5.02 Å². The van der Waals surface area contributed by atoms with Crippen LogP contribution in [0.1, 0.15) is 0 Å². The van der Waals surface area contributed by atoms with E-state index in [1.807, 2.05) is 0 Å². The SMILES string of the molecule is COCC(=O)Nc1c(Cl)cc(F)cc1Br. The van der Waals surface area contributed by atoms with Gasteiger partial charge < -0.3 is 10.1 Å². The Kier molecular flexibility index (Phi) is 4.50. The highest BCUT2D eigenvalue weighted by molar-refractivity contribution is 9.10. The first-order chi connectivity index (χ1) is 7.04. The molecule has 1 rings (SSSR count). The van der Waals surface area contributed by atoms with Crippen LogP contribution in [-0.2, 0) is 9.53 Å². The monoisotopic (exact) mass is 295 g/mol. The van der Waals surface area contributed by atoms with Gasteiger partial charge >= 0.3 is 0 Å². The molecule has 82 valence electrons. The summed E-state index contributed by atoms with van der Waals surface area (Å²) in [6.07, 6.45) is 0. The standard InChI is InChI=1S/C9H8BrClFNO2/c1-15-4-8(14)13-9-6(10)2-5(12)3-7(9)11/h2-3H,4H2,1H3,(H,13,14). The maximum atomic E-state index is 12.8. The lowest BCUT2D eigenvalue weighted by atomic mass is 10.3. The fraction of sp³-hybridized carbons (Fsp3) is 0.222. The highest BCUT2D eigenvalue weighted by atomic mass is 79.9. The van der Waals surface area contributed by atoms with Gasteiger partial charge in [-0.25, -0.2) is 4.39 Å². The fourth-order valence-electron chi connectivity index (χ4n) is 0.968. The van der Waals surface area contributed by atoms with E-state index in [4.69, 9.17) is 11.6 Å². The number of nitrogens with one attached hydrogen (secondary N) is 1. The molecule has 0 aliphatic rings. The number of halogens is 3. The van der Waals surface area contributed by atoms with Crippen LogP contribution < -0.4 is 5.32 Å². The molecule has 1 N–H and O–H groups in total. The number of amides is 1. The van der Waals surface area contributed by atoms with Gasteiger partial charge in [-0.2, -0.15) is 0 Å². The van der Waals surface area contributed by atoms with Crippen molar-refractivity contribution in [2.24, 2.45) is 0 Å². The van der Waals surface area contributed by atoms with E-state index in [9.17, 15) is 9.18 Å². The number of ether oxygens (including phenoxy) is 1. The fourth-order valence-corrected chi connectivity index (χ4v) is 1.87. The summed E-state index contributed by atoms with van der Waals surface area (Å²) >= 11 is 8.85. The molecule has 0 bridgehead atoms. The van der Waals surface area contributed by atoms with Crippen molar-refractivity contribution in [1.29, 1.82) is 0 Å². The molecule has 0 unspecified atom stereocenters. The quantitative estimate of drug-likeness (QED) is 0.931. The van der Waals surface area contributed by atoms with Crippen LogP contribution in [0.15, 0.2) is 16.6 Å². The molecule has 1 amide bonds. The second kappa shape index (κ2) is 5.44. The summed E-state index contributed by atoms with van der Waals surface area (Å²) in [6.45, 7) is -0.0832. The van der Waals surface area contributed by atoms with Crippen LogP contribution in [-0.4, -0.2) is 19.6 Å². The van der Waals surface area contributed by atoms with Crippen molar-refractivity contribution in [3.8, 4) is 0 Å². The molecular weight excluding hydrogens is 288 g/mol. The topological polar surface area (TPSA) is 38.3 Å². The molecule has 0 aromatic heterocycles. The Morgan fingerprint density at radius 3 is 2.87 bits per heavy atom. The minimum atomic E-state index is -0.475. The molecule has 0 atom stereocenters. The number of benzene rings is 1. The average molecular weight is 297 g/mol. The molecule has 6 heteroatoms. The van der Waals surface area contributed by atoms with Gasteiger partial charge in [0.2, 0.25) is 5.91 Å². The Morgan fingerprint density at radius 2 is 2.33 bits per heavy atom. The number of rotatable bonds is 3. The lowest BCUT2D eigenvalue weighted by Gasteiger charge is -2.08. The zero-order valence-corrected chi connectivity index (χ0v) is 10.2. The molecule has 0 heterocycles. The molecule has 15 heavy (non-hydrogen) atoms. The Morgan fingerprint density at radius 1 is 1.67 bits per heavy atom. The molecule has 1 aromatic rings. The zero-order chi connectivity index (χ0) is 11.4. The molecule has 3 nitrogen and oxygen atoms in total. The third-order valence-corrected chi connectivity index (χ3v) is 2.47. The summed E-state index contributed by atoms with van der Waals surface area (Å²) < 4.78 is 17.9. The van der Waals surface area contributed by atoms with E-state index in [0.717, 1.165) is 6.07 Å². The number of anilines is 1. The average Bonchev–Trinajstić information content (AvgIpc) is 2.11. The van der Waals surface area contributed by atoms with E-state index in [-0.39, 0.29) is 17.5 Å². The van der Waals surface area contributed by atoms with E-state index >= 15 is 0 Å². The van der Waals surface area contributed by atoms with Gasteiger partial charge in [-0.3, -0.25) is 4.79 Å². The van der Waals surface area contributed by atoms with E-state index in [1.165, 1.54) is 13.2 Å². The van der Waals surface area contributed by atoms with Crippen LogP contribution in [0.4, 0.5) is 10.1 Å². The third-order valence-electron chi connectivity index (χ3n) is 1.55. The Balaban J connectivity index is 2.90. The van der Waals surface area contributed by atoms with Crippen molar-refractivity contribution in [1.82, 2.24) is 0 Å². The minimum Gasteiger partial charge on any atom is -0.375 e. The van der Waals surface area contributed by atoms with Crippen LogP contribution in [0.3, 0.4) is 0 Å². The van der Waals surface area contributed by atoms with Crippen LogP contribution in [0.5, 0.6) is 0 Å². The molecule has 0 saturated carbocycles. The summed E-state index contributed by atoms with van der Waals surface area (Å²) in [5.41, 5.74) is 0.333. The molecule has 0 spiro atoms. The van der Waals surface area contributed by atoms with Gasteiger partial charge in [0.15, 0.2) is 0 Å². The van der Waals surface area contributed by atoms with Crippen molar-refractivity contribution in [2.45, 2.75) is 0 Å². The van der Waals surface area contributed by atoms with Gasteiger partial charge in [0.05, 0.1) is 10.7 Å². The van der Waals surface area contributed by atoms with E-state index < -0.39 is 5.82 Å². The second-order valence-corrected chi connectivity index (χ2v) is 3.99. The summed E-state index contributed by atoms with van der Waals surface area (Å²) in [4.78, 5) is 11.2. The van der Waals surface area contributed by atoms with Crippen molar-refractivity contribution in [3.63, 3.8) is 0 Å². The molecule has 1 aromatic carbocycles. The van der Waals surface area contributed by atoms with E-state index in [2.05, 4.69) is 26.0 Å². The molecule has 0 aliphatic carbocycles. The predicted octanol–water partition coefficient (Wildman–Crippen LogP) is 2.83. The maximum absolute atomic E-state index is 12.8. The highest BCUT2D eigenvalue weighted by Gasteiger charge is 2.10. The van der Waals surface area contributed by atoms with Crippen molar-refractivity contribution < 1.29 is 13.9 Å². The first kappa shape index (κ1) is 12.4. The lowest BCUT2D eigenvalue weighted by molar-refractivity contribution is -0.119. The molecule has 0 aliphatic heterocycles. The molecular formula is C9H8BrClFNO2. The predicted molar refractivity (Wildman–Crippen MR) is 59.6 cm³/mol. The van der Waals surface area contributed by atoms with Gasteiger partial charge in [0.1, 0.15) is 12.4 Å². The number of carbonyl (C=O) groups is 1.